The van der Waals surface area contributed by atoms with Crippen molar-refractivity contribution in [2.24, 2.45) is 0 Å². The number of methoxy groups -OCH3 is 1. The number of anilines is 1. The molecule has 1 saturated heterocycles. The molecule has 0 atom stereocenters. The van der Waals surface area contributed by atoms with Crippen molar-refractivity contribution in [2.75, 3.05) is 32.2 Å². The van der Waals surface area contributed by atoms with Crippen molar-refractivity contribution in [3.05, 3.63) is 63.0 Å². The van der Waals surface area contributed by atoms with Gasteiger partial charge in [0, 0.05) is 36.0 Å². The molecule has 1 N–H and O–H groups in total. The minimum absolute atomic E-state index is 0.123. The van der Waals surface area contributed by atoms with Crippen molar-refractivity contribution in [1.29, 1.82) is 0 Å². The van der Waals surface area contributed by atoms with Gasteiger partial charge in [0.15, 0.2) is 6.61 Å². The smallest absolute Gasteiger partial charge is 0.266 e. The summed E-state index contributed by atoms with van der Waals surface area (Å²) in [6, 6.07) is 11.9. The van der Waals surface area contributed by atoms with Gasteiger partial charge < -0.3 is 14.8 Å². The Labute approximate surface area is 205 Å². The number of carbonyl (C=O) groups is 2. The van der Waals surface area contributed by atoms with Gasteiger partial charge in [-0.1, -0.05) is 59.3 Å². The minimum Gasteiger partial charge on any atom is -0.484 e. The summed E-state index contributed by atoms with van der Waals surface area (Å²) in [6.07, 6.45) is 2.47. The van der Waals surface area contributed by atoms with Gasteiger partial charge in [-0.05, 0) is 48.4 Å². The van der Waals surface area contributed by atoms with Crippen LogP contribution in [0.2, 0.25) is 10.0 Å². The molecule has 1 heterocycles. The van der Waals surface area contributed by atoms with Crippen LogP contribution in [-0.4, -0.2) is 47.9 Å². The molecule has 2 aromatic carbocycles. The molecular formula is C22H20Cl2N2O4S2. The third-order valence-electron chi connectivity index (χ3n) is 4.28. The van der Waals surface area contributed by atoms with E-state index in [1.807, 2.05) is 6.07 Å². The van der Waals surface area contributed by atoms with Crippen LogP contribution in [0.3, 0.4) is 0 Å². The van der Waals surface area contributed by atoms with Gasteiger partial charge >= 0.3 is 0 Å². The lowest BCUT2D eigenvalue weighted by Gasteiger charge is -2.13. The van der Waals surface area contributed by atoms with Gasteiger partial charge in [-0.25, -0.2) is 0 Å². The first-order chi connectivity index (χ1) is 15.4. The fourth-order valence-electron chi connectivity index (χ4n) is 2.88. The fourth-order valence-corrected chi connectivity index (χ4v) is 4.71. The third-order valence-corrected chi connectivity index (χ3v) is 6.09. The zero-order chi connectivity index (χ0) is 23.1. The van der Waals surface area contributed by atoms with Gasteiger partial charge in [0.05, 0.1) is 4.91 Å². The molecular weight excluding hydrogens is 491 g/mol. The van der Waals surface area contributed by atoms with Crippen LogP contribution in [0.25, 0.3) is 6.08 Å². The Morgan fingerprint density at radius 1 is 1.22 bits per heavy atom. The van der Waals surface area contributed by atoms with Gasteiger partial charge in [-0.15, -0.1) is 0 Å². The van der Waals surface area contributed by atoms with E-state index in [1.54, 1.807) is 54.5 Å². The van der Waals surface area contributed by atoms with Crippen molar-refractivity contribution >= 4 is 75.1 Å². The predicted molar refractivity (Wildman–Crippen MR) is 133 cm³/mol. The lowest BCUT2D eigenvalue weighted by atomic mass is 10.2. The summed E-state index contributed by atoms with van der Waals surface area (Å²) in [5.41, 5.74) is 1.25. The van der Waals surface area contributed by atoms with Crippen LogP contribution in [0.1, 0.15) is 12.0 Å². The molecule has 1 fully saturated rings. The van der Waals surface area contributed by atoms with Crippen molar-refractivity contribution in [2.45, 2.75) is 6.42 Å². The number of rotatable bonds is 9. The Morgan fingerprint density at radius 3 is 2.69 bits per heavy atom. The molecule has 32 heavy (non-hydrogen) atoms. The van der Waals surface area contributed by atoms with Gasteiger partial charge in [0.25, 0.3) is 11.8 Å². The summed E-state index contributed by atoms with van der Waals surface area (Å²) >= 11 is 18.5. The fraction of sp³-hybridized carbons (Fsp3) is 0.227. The Balaban J connectivity index is 1.60. The number of carbonyl (C=O) groups excluding carboxylic acids is 2. The maximum Gasteiger partial charge on any atom is 0.266 e. The Morgan fingerprint density at radius 2 is 1.97 bits per heavy atom. The van der Waals surface area contributed by atoms with Crippen LogP contribution in [0, 0.1) is 0 Å². The first kappa shape index (κ1) is 24.5. The second kappa shape index (κ2) is 11.7. The van der Waals surface area contributed by atoms with E-state index < -0.39 is 0 Å². The molecule has 1 aliphatic heterocycles. The molecule has 168 valence electrons. The molecule has 3 rings (SSSR count). The van der Waals surface area contributed by atoms with E-state index in [-0.39, 0.29) is 18.4 Å². The highest BCUT2D eigenvalue weighted by atomic mass is 35.5. The van der Waals surface area contributed by atoms with Gasteiger partial charge in [0.1, 0.15) is 10.1 Å². The van der Waals surface area contributed by atoms with Crippen LogP contribution >= 0.6 is 47.2 Å². The summed E-state index contributed by atoms with van der Waals surface area (Å²) in [5, 5.41) is 3.53. The van der Waals surface area contributed by atoms with E-state index in [0.29, 0.717) is 50.3 Å². The summed E-state index contributed by atoms with van der Waals surface area (Å²) in [7, 11) is 1.62. The normalized spacial score (nSPS) is 14.8. The third kappa shape index (κ3) is 6.95. The van der Waals surface area contributed by atoms with E-state index in [4.69, 9.17) is 44.9 Å². The number of amides is 2. The molecule has 0 radical (unpaired) electrons. The molecule has 10 heteroatoms. The van der Waals surface area contributed by atoms with E-state index in [2.05, 4.69) is 5.32 Å². The van der Waals surface area contributed by atoms with Crippen LogP contribution < -0.4 is 10.1 Å². The van der Waals surface area contributed by atoms with E-state index in [0.717, 1.165) is 5.56 Å². The number of nitrogens with zero attached hydrogens (tertiary/aromatic N) is 1. The monoisotopic (exact) mass is 510 g/mol. The van der Waals surface area contributed by atoms with E-state index >= 15 is 0 Å². The van der Waals surface area contributed by atoms with Crippen LogP contribution in [-0.2, 0) is 14.3 Å². The highest BCUT2D eigenvalue weighted by Gasteiger charge is 2.31. The molecule has 0 aliphatic carbocycles. The molecule has 2 amide bonds. The highest BCUT2D eigenvalue weighted by molar-refractivity contribution is 8.26. The second-order valence-corrected chi connectivity index (χ2v) is 9.30. The van der Waals surface area contributed by atoms with Crippen LogP contribution in [0.15, 0.2) is 47.4 Å². The van der Waals surface area contributed by atoms with Crippen molar-refractivity contribution in [1.82, 2.24) is 4.90 Å². The molecule has 0 bridgehead atoms. The molecule has 6 nitrogen and oxygen atoms in total. The number of nitrogens with one attached hydrogen (secondary N) is 1. The van der Waals surface area contributed by atoms with Gasteiger partial charge in [-0.2, -0.15) is 0 Å². The van der Waals surface area contributed by atoms with Crippen LogP contribution in [0.5, 0.6) is 5.75 Å². The largest absolute Gasteiger partial charge is 0.484 e. The Hall–Kier alpha value is -2.10. The van der Waals surface area contributed by atoms with Crippen LogP contribution in [0.4, 0.5) is 5.69 Å². The number of halogens is 2. The number of thiocarbonyl (C=S) groups is 1. The first-order valence-corrected chi connectivity index (χ1v) is 11.6. The molecule has 0 unspecified atom stereocenters. The average molecular weight is 511 g/mol. The zero-order valence-corrected chi connectivity index (χ0v) is 20.2. The number of hydrogen-bond donors (Lipinski definition) is 1. The number of thioether (sulfide) groups is 1. The summed E-state index contributed by atoms with van der Waals surface area (Å²) < 4.78 is 11.2. The van der Waals surface area contributed by atoms with E-state index in [9.17, 15) is 9.59 Å². The Bertz CT molecular complexity index is 1040. The summed E-state index contributed by atoms with van der Waals surface area (Å²) in [6.45, 7) is 0.884. The topological polar surface area (TPSA) is 67.9 Å². The predicted octanol–water partition coefficient (Wildman–Crippen LogP) is 5.25. The van der Waals surface area contributed by atoms with E-state index in [1.165, 1.54) is 11.8 Å². The molecule has 1 aliphatic rings. The van der Waals surface area contributed by atoms with Gasteiger partial charge in [-0.3, -0.25) is 14.5 Å². The lowest BCUT2D eigenvalue weighted by Crippen LogP contribution is -2.29. The van der Waals surface area contributed by atoms with Crippen molar-refractivity contribution in [3.8, 4) is 5.75 Å². The molecule has 0 saturated carbocycles. The highest BCUT2D eigenvalue weighted by Crippen LogP contribution is 2.33. The summed E-state index contributed by atoms with van der Waals surface area (Å²) in [5.74, 6) is 0.0150. The standard InChI is InChI=1S/C22H20Cl2N2O4S2/c1-29-7-3-6-26-21(28)19(32-22(26)31)9-14-4-2-5-18(8-14)30-13-20(27)25-17-11-15(23)10-16(24)12-17/h2,4-5,8-12H,3,6-7,13H2,1H3,(H,25,27)/b19-9-. The lowest BCUT2D eigenvalue weighted by molar-refractivity contribution is -0.122. The maximum atomic E-state index is 12.6. The minimum atomic E-state index is -0.356. The zero-order valence-electron chi connectivity index (χ0n) is 17.1. The first-order valence-electron chi connectivity index (χ1n) is 9.59. The number of hydrogen-bond acceptors (Lipinski definition) is 6. The second-order valence-electron chi connectivity index (χ2n) is 6.75. The molecule has 2 aromatic rings. The van der Waals surface area contributed by atoms with Crippen molar-refractivity contribution < 1.29 is 19.1 Å². The van der Waals surface area contributed by atoms with Crippen molar-refractivity contribution in [3.63, 3.8) is 0 Å². The number of benzene rings is 2. The average Bonchev–Trinajstić information content (AvgIpc) is 2.99. The molecule has 0 aromatic heterocycles. The number of ether oxygens (including phenoxy) is 2. The Kier molecular flexibility index (Phi) is 8.95. The quantitative estimate of drug-likeness (QED) is 0.282. The van der Waals surface area contributed by atoms with Gasteiger partial charge in [0.2, 0.25) is 0 Å². The molecule has 0 spiro atoms. The summed E-state index contributed by atoms with van der Waals surface area (Å²) in [4.78, 5) is 26.9. The SMILES string of the molecule is COCCCN1C(=O)/C(=C/c2cccc(OCC(=O)Nc3cc(Cl)cc(Cl)c3)c2)SC1=S. The maximum absolute atomic E-state index is 12.6.